The molecule has 76 heavy (non-hydrogen) atoms. The summed E-state index contributed by atoms with van der Waals surface area (Å²) >= 11 is 0. The van der Waals surface area contributed by atoms with Crippen LogP contribution in [-0.2, 0) is 42.8 Å². The van der Waals surface area contributed by atoms with Crippen molar-refractivity contribution in [2.24, 2.45) is 16.2 Å². The number of aliphatic carboxylic acids is 1. The van der Waals surface area contributed by atoms with Crippen molar-refractivity contribution in [1.82, 2.24) is 14.7 Å². The molecule has 19 heteroatoms. The number of carbonyl (C=O) groups excluding carboxylic acids is 5. The van der Waals surface area contributed by atoms with Crippen LogP contribution in [0.15, 0.2) is 42.5 Å². The second-order valence-electron chi connectivity index (χ2n) is 24.7. The number of ketones is 2. The van der Waals surface area contributed by atoms with Crippen molar-refractivity contribution in [3.05, 3.63) is 59.7 Å². The fraction of sp³-hybridized carbons (Fsp3) is 0.684. The fourth-order valence-electron chi connectivity index (χ4n) is 7.23. The summed E-state index contributed by atoms with van der Waals surface area (Å²) in [5.74, 6) is 0.121. The van der Waals surface area contributed by atoms with E-state index in [2.05, 4.69) is 6.07 Å². The number of nitrogens with zero attached hydrogens (tertiary/aromatic N) is 3. The van der Waals surface area contributed by atoms with E-state index in [1.165, 1.54) is 29.2 Å². The smallest absolute Gasteiger partial charge is 0.523 e. The third kappa shape index (κ3) is 24.2. The molecule has 0 aliphatic carbocycles. The molecule has 426 valence electrons. The average molecular weight is 1070 g/mol. The van der Waals surface area contributed by atoms with Gasteiger partial charge in [0.05, 0.1) is 35.4 Å². The fourth-order valence-corrected chi connectivity index (χ4v) is 7.23. The van der Waals surface area contributed by atoms with Gasteiger partial charge in [-0.25, -0.2) is 19.2 Å². The predicted molar refractivity (Wildman–Crippen MR) is 286 cm³/mol. The number of carboxylic acid groups (broad SMARTS) is 1. The maximum Gasteiger partial charge on any atom is 1.00 e. The minimum absolute atomic E-state index is 0. The zero-order chi connectivity index (χ0) is 59.3. The number of ether oxygens (including phenoxy) is 8. The minimum Gasteiger partial charge on any atom is -0.523 e. The molecule has 3 aliphatic heterocycles. The molecule has 3 saturated heterocycles. The van der Waals surface area contributed by atoms with Gasteiger partial charge < -0.3 is 43.0 Å². The van der Waals surface area contributed by atoms with Crippen LogP contribution in [0.2, 0.25) is 0 Å². The van der Waals surface area contributed by atoms with Crippen molar-refractivity contribution in [2.75, 3.05) is 34.0 Å². The first-order valence-electron chi connectivity index (χ1n) is 25.6. The Bertz CT molecular complexity index is 2140. The Labute approximate surface area is 468 Å². The number of methoxy groups -OCH3 is 2. The maximum absolute atomic E-state index is 12.3. The van der Waals surface area contributed by atoms with Gasteiger partial charge in [0.25, 0.3) is 0 Å². The van der Waals surface area contributed by atoms with Gasteiger partial charge in [0, 0.05) is 22.0 Å². The number of carboxylic acids is 1. The molecule has 3 amide bonds. The van der Waals surface area contributed by atoms with Gasteiger partial charge in [-0.2, -0.15) is 17.7 Å². The summed E-state index contributed by atoms with van der Waals surface area (Å²) in [6.45, 7) is 40.1. The summed E-state index contributed by atoms with van der Waals surface area (Å²) in [5.41, 5.74) is -0.713. The monoisotopic (exact) mass is 1070 g/mol. The molecule has 2 aromatic carbocycles. The van der Waals surface area contributed by atoms with Crippen molar-refractivity contribution < 1.29 is 92.0 Å². The Balaban J connectivity index is 0.000000966. The van der Waals surface area contributed by atoms with E-state index in [0.717, 1.165) is 22.0 Å². The molecule has 3 fully saturated rings. The van der Waals surface area contributed by atoms with E-state index in [0.29, 0.717) is 0 Å². The van der Waals surface area contributed by atoms with Gasteiger partial charge >= 0.3 is 43.1 Å². The van der Waals surface area contributed by atoms with E-state index in [1.54, 1.807) is 76.5 Å². The third-order valence-electron chi connectivity index (χ3n) is 10.5. The molecule has 0 spiro atoms. The van der Waals surface area contributed by atoms with E-state index in [9.17, 15) is 33.9 Å². The Kier molecular flexibility index (Phi) is 26.6. The number of Topliss-reactive ketones (excluding diaryl/α,β-unsaturated/α-hetero) is 2. The van der Waals surface area contributed by atoms with E-state index >= 15 is 0 Å². The van der Waals surface area contributed by atoms with E-state index in [1.807, 2.05) is 119 Å². The van der Waals surface area contributed by atoms with Crippen LogP contribution in [0.25, 0.3) is 0 Å². The number of hydrogen-bond donors (Lipinski definition) is 1. The van der Waals surface area contributed by atoms with Gasteiger partial charge in [-0.15, -0.1) is 12.1 Å². The summed E-state index contributed by atoms with van der Waals surface area (Å²) in [6.07, 6.45) is -3.57. The van der Waals surface area contributed by atoms with Crippen LogP contribution in [0, 0.1) is 36.2 Å². The topological polar surface area (TPSA) is 206 Å². The standard InChI is InChI=1S/2C14H25NO4.C13H23NO5.C8H10O.C8H9O.Li/c2*1-9(16)10-8-18-11(13(2,3)4)15(10)12(17)19-14(5,6)7;1-12(2,3)10-14(8(7-18-10)9(15)16)11(17)19-13(4,5)6;2*1-7-4-3-5-8(6-7)9-2;/h2*10-11H,8H2,1-7H3;8,10H,7H2,1-6H3,(H,15,16);3-6H,1-2H3;3-5H,1-2H3;/q;;;;-1;+1/t2*10-,11+;8-,10+;;;/m111.../s1/i;;8D;;;. The minimum atomic E-state index is -2.17. The predicted octanol–water partition coefficient (Wildman–Crippen LogP) is 8.06. The first-order chi connectivity index (χ1) is 34.3. The molecule has 0 radical (unpaired) electrons. The van der Waals surface area contributed by atoms with E-state index in [4.69, 9.17) is 39.3 Å². The third-order valence-corrected chi connectivity index (χ3v) is 10.5. The maximum atomic E-state index is 12.3. The Morgan fingerprint density at radius 1 is 0.566 bits per heavy atom. The van der Waals surface area contributed by atoms with Crippen molar-refractivity contribution >= 4 is 35.8 Å². The van der Waals surface area contributed by atoms with Crippen LogP contribution >= 0.6 is 0 Å². The molecule has 5 rings (SSSR count). The van der Waals surface area contributed by atoms with E-state index < -0.39 is 83.3 Å². The molecule has 18 nitrogen and oxygen atoms in total. The zero-order valence-electron chi connectivity index (χ0n) is 51.6. The quantitative estimate of drug-likeness (QED) is 0.171. The SMILES string of the molecule is CC(=O)[C@H]1CO[C@@H](C(C)(C)C)N1C(=O)OC(C)(C)C.CC(=O)[C@H]1CO[C@@H](C(C)(C)C)N1C(=O)OC(C)(C)C.COc1[c-]c(C)ccc1.COc1cccc(C)c1.[2H][C@]1(C(=O)O)CO[C@@H](C(C)(C)C)N1C(=O)OC(C)(C)C.[Li+]. The van der Waals surface area contributed by atoms with Crippen LogP contribution in [0.4, 0.5) is 14.4 Å². The second-order valence-corrected chi connectivity index (χ2v) is 24.7. The molecule has 0 aromatic heterocycles. The van der Waals surface area contributed by atoms with E-state index in [-0.39, 0.29) is 61.1 Å². The van der Waals surface area contributed by atoms with Crippen molar-refractivity contribution in [3.63, 3.8) is 0 Å². The molecular formula is C57H92LiN3O15. The molecule has 3 aliphatic rings. The van der Waals surface area contributed by atoms with Gasteiger partial charge in [0.15, 0.2) is 17.6 Å². The number of carbonyl (C=O) groups is 6. The summed E-state index contributed by atoms with van der Waals surface area (Å²) < 4.78 is 50.6. The van der Waals surface area contributed by atoms with Gasteiger partial charge in [-0.05, 0) is 101 Å². The van der Waals surface area contributed by atoms with Crippen LogP contribution < -0.4 is 28.3 Å². The first kappa shape index (κ1) is 69.2. The van der Waals surface area contributed by atoms with Crippen molar-refractivity contribution in [1.29, 1.82) is 0 Å². The first-order valence-corrected chi connectivity index (χ1v) is 25.1. The number of amides is 3. The number of benzene rings is 2. The normalized spacial score (nSPS) is 21.7. The Morgan fingerprint density at radius 3 is 1.20 bits per heavy atom. The van der Waals surface area contributed by atoms with Crippen LogP contribution in [-0.4, -0.2) is 143 Å². The number of rotatable bonds is 5. The van der Waals surface area contributed by atoms with Crippen LogP contribution in [0.3, 0.4) is 0 Å². The van der Waals surface area contributed by atoms with Gasteiger partial charge in [-0.3, -0.25) is 24.3 Å². The molecule has 6 atom stereocenters. The zero-order valence-corrected chi connectivity index (χ0v) is 50.6. The molecule has 0 unspecified atom stereocenters. The van der Waals surface area contributed by atoms with Crippen LogP contribution in [0.5, 0.6) is 11.5 Å². The number of hydrogen-bond acceptors (Lipinski definition) is 14. The molecule has 3 heterocycles. The van der Waals surface area contributed by atoms with Gasteiger partial charge in [0.2, 0.25) is 0 Å². The van der Waals surface area contributed by atoms with Crippen LogP contribution in [0.1, 0.15) is 151 Å². The number of aryl methyl sites for hydroxylation is 2. The summed E-state index contributed by atoms with van der Waals surface area (Å²) in [6, 6.07) is 13.5. The molecule has 0 saturated carbocycles. The largest absolute Gasteiger partial charge is 1.00 e. The van der Waals surface area contributed by atoms with Crippen molar-refractivity contribution in [2.45, 2.75) is 206 Å². The molecule has 1 N–H and O–H groups in total. The average Bonchev–Trinajstić information content (AvgIpc) is 4.00. The molecular weight excluding hydrogens is 974 g/mol. The summed E-state index contributed by atoms with van der Waals surface area (Å²) in [4.78, 5) is 75.3. The van der Waals surface area contributed by atoms with Gasteiger partial charge in [0.1, 0.15) is 53.3 Å². The Hall–Kier alpha value is -4.86. The Morgan fingerprint density at radius 2 is 0.921 bits per heavy atom. The molecule has 0 bridgehead atoms. The van der Waals surface area contributed by atoms with Gasteiger partial charge in [-0.1, -0.05) is 81.4 Å². The van der Waals surface area contributed by atoms with Crippen molar-refractivity contribution in [3.8, 4) is 11.5 Å². The molecule has 2 aromatic rings. The second kappa shape index (κ2) is 29.2. The summed E-state index contributed by atoms with van der Waals surface area (Å²) in [5, 5.41) is 9.26. The summed E-state index contributed by atoms with van der Waals surface area (Å²) in [7, 11) is 3.32.